The van der Waals surface area contributed by atoms with Gasteiger partial charge >= 0.3 is 0 Å². The third-order valence-electron chi connectivity index (χ3n) is 2.74. The minimum atomic E-state index is -3.65. The van der Waals surface area contributed by atoms with E-state index in [2.05, 4.69) is 20.9 Å². The van der Waals surface area contributed by atoms with Crippen LogP contribution in [-0.2, 0) is 16.6 Å². The highest BCUT2D eigenvalue weighted by atomic mass is 79.9. The molecule has 0 fully saturated rings. The zero-order chi connectivity index (χ0) is 14.8. The van der Waals surface area contributed by atoms with Gasteiger partial charge in [0.05, 0.1) is 5.02 Å². The van der Waals surface area contributed by atoms with Crippen LogP contribution in [-0.4, -0.2) is 24.8 Å². The van der Waals surface area contributed by atoms with Crippen molar-refractivity contribution < 1.29 is 8.42 Å². The van der Waals surface area contributed by atoms with E-state index in [4.69, 9.17) is 11.6 Å². The maximum Gasteiger partial charge on any atom is 0.246 e. The maximum absolute atomic E-state index is 12.4. The van der Waals surface area contributed by atoms with E-state index >= 15 is 0 Å². The minimum absolute atomic E-state index is 0.0151. The molecule has 1 aromatic heterocycles. The largest absolute Gasteiger partial charge is 0.263 e. The summed E-state index contributed by atoms with van der Waals surface area (Å²) in [5.74, 6) is 0. The van der Waals surface area contributed by atoms with Crippen molar-refractivity contribution in [2.24, 2.45) is 0 Å². The van der Waals surface area contributed by atoms with Gasteiger partial charge in [-0.1, -0.05) is 39.7 Å². The zero-order valence-electron chi connectivity index (χ0n) is 10.6. The van der Waals surface area contributed by atoms with Crippen molar-refractivity contribution in [2.75, 3.05) is 7.05 Å². The second-order valence-electron chi connectivity index (χ2n) is 4.19. The van der Waals surface area contributed by atoms with E-state index in [0.717, 1.165) is 10.0 Å². The first-order valence-corrected chi connectivity index (χ1v) is 8.32. The fourth-order valence-corrected chi connectivity index (χ4v) is 3.48. The summed E-state index contributed by atoms with van der Waals surface area (Å²) in [5.41, 5.74) is 0.888. The lowest BCUT2D eigenvalue weighted by Gasteiger charge is -2.17. The van der Waals surface area contributed by atoms with E-state index in [0.29, 0.717) is 0 Å². The summed E-state index contributed by atoms with van der Waals surface area (Å²) >= 11 is 9.26. The Kier molecular flexibility index (Phi) is 4.80. The molecule has 106 valence electrons. The molecule has 2 rings (SSSR count). The van der Waals surface area contributed by atoms with Crippen LogP contribution in [0.1, 0.15) is 5.56 Å². The Hall–Kier alpha value is -0.950. The number of pyridine rings is 1. The lowest BCUT2D eigenvalue weighted by molar-refractivity contribution is 0.466. The third-order valence-corrected chi connectivity index (χ3v) is 5.54. The Labute approximate surface area is 131 Å². The lowest BCUT2D eigenvalue weighted by Crippen LogP contribution is -2.26. The minimum Gasteiger partial charge on any atom is -0.263 e. The standard InChI is InChI=1S/C13H12BrClN2O2S/c1-17(9-10-2-4-11(14)5-3-10)20(18,19)13-8-16-7-6-12(13)15/h2-8H,9H2,1H3. The monoisotopic (exact) mass is 374 g/mol. The molecule has 1 aromatic carbocycles. The van der Waals surface area contributed by atoms with Crippen molar-refractivity contribution in [3.63, 3.8) is 0 Å². The van der Waals surface area contributed by atoms with Gasteiger partial charge < -0.3 is 0 Å². The average Bonchev–Trinajstić information content (AvgIpc) is 2.41. The molecule has 7 heteroatoms. The molecule has 0 atom stereocenters. The SMILES string of the molecule is CN(Cc1ccc(Br)cc1)S(=O)(=O)c1cnccc1Cl. The van der Waals surface area contributed by atoms with Gasteiger partial charge in [-0.2, -0.15) is 4.31 Å². The molecule has 0 aliphatic carbocycles. The first-order valence-electron chi connectivity index (χ1n) is 5.71. The first-order chi connectivity index (χ1) is 9.41. The molecule has 20 heavy (non-hydrogen) atoms. The second-order valence-corrected chi connectivity index (χ2v) is 7.53. The number of rotatable bonds is 4. The number of nitrogens with zero attached hydrogens (tertiary/aromatic N) is 2. The van der Waals surface area contributed by atoms with Gasteiger partial charge in [0.15, 0.2) is 0 Å². The molecular formula is C13H12BrClN2O2S. The molecule has 0 saturated carbocycles. The van der Waals surface area contributed by atoms with Gasteiger partial charge in [-0.15, -0.1) is 0 Å². The van der Waals surface area contributed by atoms with Gasteiger partial charge in [0.2, 0.25) is 10.0 Å². The molecule has 1 heterocycles. The Morgan fingerprint density at radius 2 is 1.90 bits per heavy atom. The van der Waals surface area contributed by atoms with E-state index in [1.165, 1.54) is 29.8 Å². The van der Waals surface area contributed by atoms with Crippen LogP contribution >= 0.6 is 27.5 Å². The number of sulfonamides is 1. The molecule has 0 amide bonds. The van der Waals surface area contributed by atoms with Gasteiger partial charge in [-0.25, -0.2) is 8.42 Å². The van der Waals surface area contributed by atoms with Crippen LogP contribution in [0.4, 0.5) is 0 Å². The molecular weight excluding hydrogens is 364 g/mol. The van der Waals surface area contributed by atoms with Crippen molar-refractivity contribution in [1.82, 2.24) is 9.29 Å². The average molecular weight is 376 g/mol. The highest BCUT2D eigenvalue weighted by Gasteiger charge is 2.23. The van der Waals surface area contributed by atoms with Crippen LogP contribution in [0.2, 0.25) is 5.02 Å². The maximum atomic E-state index is 12.4. The normalized spacial score (nSPS) is 11.8. The highest BCUT2D eigenvalue weighted by Crippen LogP contribution is 2.23. The van der Waals surface area contributed by atoms with Crippen molar-refractivity contribution in [2.45, 2.75) is 11.4 Å². The summed E-state index contributed by atoms with van der Waals surface area (Å²) < 4.78 is 27.0. The van der Waals surface area contributed by atoms with Crippen LogP contribution in [0.25, 0.3) is 0 Å². The number of halogens is 2. The fourth-order valence-electron chi connectivity index (χ4n) is 1.65. The van der Waals surface area contributed by atoms with Crippen molar-refractivity contribution in [1.29, 1.82) is 0 Å². The van der Waals surface area contributed by atoms with Crippen molar-refractivity contribution >= 4 is 37.6 Å². The Bertz CT molecular complexity index is 705. The Balaban J connectivity index is 2.26. The number of aromatic nitrogens is 1. The zero-order valence-corrected chi connectivity index (χ0v) is 13.8. The second kappa shape index (κ2) is 6.22. The summed E-state index contributed by atoms with van der Waals surface area (Å²) in [5, 5.41) is 0.169. The van der Waals surface area contributed by atoms with Gasteiger partial charge in [-0.05, 0) is 23.8 Å². The van der Waals surface area contributed by atoms with Gasteiger partial charge in [-0.3, -0.25) is 4.98 Å². The predicted molar refractivity (Wildman–Crippen MR) is 82.0 cm³/mol. The molecule has 0 unspecified atom stereocenters. The molecule has 2 aromatic rings. The summed E-state index contributed by atoms with van der Waals surface area (Å²) in [6, 6.07) is 8.92. The molecule has 0 radical (unpaired) electrons. The molecule has 0 saturated heterocycles. The van der Waals surface area contributed by atoms with E-state index in [9.17, 15) is 8.42 Å². The van der Waals surface area contributed by atoms with Crippen LogP contribution < -0.4 is 0 Å². The summed E-state index contributed by atoms with van der Waals surface area (Å²) in [6.45, 7) is 0.265. The molecule has 4 nitrogen and oxygen atoms in total. The van der Waals surface area contributed by atoms with E-state index < -0.39 is 10.0 Å². The van der Waals surface area contributed by atoms with E-state index in [1.807, 2.05) is 24.3 Å². The van der Waals surface area contributed by atoms with Crippen LogP contribution in [0.5, 0.6) is 0 Å². The number of benzene rings is 1. The topological polar surface area (TPSA) is 50.3 Å². The number of hydrogen-bond donors (Lipinski definition) is 0. The van der Waals surface area contributed by atoms with Crippen molar-refractivity contribution in [3.8, 4) is 0 Å². The highest BCUT2D eigenvalue weighted by molar-refractivity contribution is 9.10. The summed E-state index contributed by atoms with van der Waals surface area (Å²) in [6.07, 6.45) is 2.71. The molecule has 0 aliphatic rings. The summed E-state index contributed by atoms with van der Waals surface area (Å²) in [7, 11) is -2.14. The number of hydrogen-bond acceptors (Lipinski definition) is 3. The molecule has 0 bridgehead atoms. The van der Waals surface area contributed by atoms with Gasteiger partial charge in [0.1, 0.15) is 4.90 Å². The van der Waals surface area contributed by atoms with E-state index in [-0.39, 0.29) is 16.5 Å². The van der Waals surface area contributed by atoms with E-state index in [1.54, 1.807) is 0 Å². The Morgan fingerprint density at radius 1 is 1.25 bits per heavy atom. The molecule has 0 aliphatic heterocycles. The Morgan fingerprint density at radius 3 is 2.50 bits per heavy atom. The predicted octanol–water partition coefficient (Wildman–Crippen LogP) is 3.32. The van der Waals surface area contributed by atoms with Crippen LogP contribution in [0.15, 0.2) is 52.1 Å². The third kappa shape index (κ3) is 3.38. The van der Waals surface area contributed by atoms with Crippen LogP contribution in [0, 0.1) is 0 Å². The summed E-state index contributed by atoms with van der Waals surface area (Å²) in [4.78, 5) is 3.83. The van der Waals surface area contributed by atoms with Crippen LogP contribution in [0.3, 0.4) is 0 Å². The quantitative estimate of drug-likeness (QED) is 0.823. The van der Waals surface area contributed by atoms with Gasteiger partial charge in [0, 0.05) is 30.5 Å². The molecule has 0 spiro atoms. The first kappa shape index (κ1) is 15.4. The van der Waals surface area contributed by atoms with Crippen molar-refractivity contribution in [3.05, 3.63) is 57.8 Å². The lowest BCUT2D eigenvalue weighted by atomic mass is 10.2. The van der Waals surface area contributed by atoms with Gasteiger partial charge in [0.25, 0.3) is 0 Å². The molecule has 0 N–H and O–H groups in total. The fraction of sp³-hybridized carbons (Fsp3) is 0.154. The smallest absolute Gasteiger partial charge is 0.246 e.